The highest BCUT2D eigenvalue weighted by Gasteiger charge is 2.38. The third kappa shape index (κ3) is 69.1. The van der Waals surface area contributed by atoms with Gasteiger partial charge in [-0.2, -0.15) is 25.3 Å². The van der Waals surface area contributed by atoms with Gasteiger partial charge in [0.1, 0.15) is 59.7 Å². The third-order valence-electron chi connectivity index (χ3n) is 10.7. The standard InChI is InChI=1S/C11H20O5.C10H17BrO5.2C9H16O5.2C9H18O3S.C3H9N.BrH/c1-4-5-6-15-10(14)11(3,7-12)8-16-9(2)13;1-8(13)16-7-10(2,6-12)9(14)15-5-3-4-11;2*1-4-13-8(12)9(3,5-10)6-14-7(2)11;2*1-11-6-7-12-5-2-3-9(10)4-8-13;1-4(2)3;/h12H,4-8H2,1-3H3;12H,3-7H2,1-2H3;2*10H,4-6H2,1-3H3;2*13H,2-8H2,1H3;1-3H3;1H/p-1. The van der Waals surface area contributed by atoms with Crippen molar-refractivity contribution < 1.29 is 142 Å². The number of hydrogen-bond donors (Lipinski definition) is 6. The second kappa shape index (κ2) is 69.2. The smallest absolute Gasteiger partial charge is 0.317 e. The largest absolute Gasteiger partial charge is 1.00 e. The zero-order chi connectivity index (χ0) is 71.0. The molecule has 0 bridgehead atoms. The Balaban J connectivity index is -0.000000149. The van der Waals surface area contributed by atoms with E-state index in [9.17, 15) is 47.9 Å². The summed E-state index contributed by atoms with van der Waals surface area (Å²) in [6.45, 7) is 18.7. The maximum absolute atomic E-state index is 11.6. The SMILES string of the molecule is CC(=O)OCC(C)(CO)C(=O)OCCCBr.CCCCOC(=O)C(C)(CO)COC(C)=O.CCOC(=O)C(C)(CO)COC(C)=O.CCOC(=O)C(C)(CO)COC(C)=O.CN(C)C.COCCOCCCC(=O)CCS.COCCOCCCC(=O)CCS.[Br-]. The minimum Gasteiger partial charge on any atom is -1.00 e. The van der Waals surface area contributed by atoms with Gasteiger partial charge in [-0.25, -0.2) is 0 Å². The first kappa shape index (κ1) is 103. The van der Waals surface area contributed by atoms with E-state index in [2.05, 4.69) is 50.7 Å². The average Bonchev–Trinajstić information content (AvgIpc) is 1.49. The van der Waals surface area contributed by atoms with Crippen LogP contribution in [0.2, 0.25) is 0 Å². The summed E-state index contributed by atoms with van der Waals surface area (Å²) in [4.78, 5) is 112. The molecular formula is C60H114Br2NO26S2-. The first-order chi connectivity index (χ1) is 42.2. The zero-order valence-corrected chi connectivity index (χ0v) is 62.0. The van der Waals surface area contributed by atoms with Gasteiger partial charge in [-0.15, -0.1) is 0 Å². The van der Waals surface area contributed by atoms with Crippen molar-refractivity contribution in [2.45, 2.75) is 134 Å². The monoisotopic (exact) mass is 1490 g/mol. The lowest BCUT2D eigenvalue weighted by atomic mass is 9.93. The van der Waals surface area contributed by atoms with Crippen molar-refractivity contribution in [3.8, 4) is 0 Å². The van der Waals surface area contributed by atoms with Gasteiger partial charge in [0.2, 0.25) is 0 Å². The molecule has 0 fully saturated rings. The fourth-order valence-electron chi connectivity index (χ4n) is 4.94. The van der Waals surface area contributed by atoms with Gasteiger partial charge in [0, 0.05) is 86.1 Å². The van der Waals surface area contributed by atoms with Crippen molar-refractivity contribution in [2.75, 3.05) is 171 Å². The number of aliphatic hydroxyl groups excluding tert-OH is 4. The van der Waals surface area contributed by atoms with E-state index in [1.54, 1.807) is 28.1 Å². The fourth-order valence-corrected chi connectivity index (χ4v) is 5.67. The van der Waals surface area contributed by atoms with Gasteiger partial charge in [-0.05, 0) is 99.9 Å². The number of Topliss-reactive ketones (excluding diaryl/α,β-unsaturated/α-hetero) is 2. The zero-order valence-electron chi connectivity index (χ0n) is 57.1. The van der Waals surface area contributed by atoms with E-state index in [0.29, 0.717) is 89.9 Å². The molecule has 542 valence electrons. The van der Waals surface area contributed by atoms with Crippen molar-refractivity contribution in [2.24, 2.45) is 21.7 Å². The molecule has 4 N–H and O–H groups in total. The molecule has 0 aromatic heterocycles. The quantitative estimate of drug-likeness (QED) is 0.0167. The van der Waals surface area contributed by atoms with E-state index in [0.717, 1.165) is 31.0 Å². The number of unbranched alkanes of at least 4 members (excludes halogenated alkanes) is 1. The number of ether oxygens (including phenoxy) is 12. The Morgan fingerprint density at radius 2 is 0.670 bits per heavy atom. The van der Waals surface area contributed by atoms with Crippen LogP contribution in [0, 0.1) is 21.7 Å². The van der Waals surface area contributed by atoms with Crippen LogP contribution in [0.25, 0.3) is 0 Å². The summed E-state index contributed by atoms with van der Waals surface area (Å²) in [5.74, 6) is -2.37. The van der Waals surface area contributed by atoms with E-state index in [1.165, 1.54) is 55.4 Å². The molecule has 4 atom stereocenters. The molecule has 0 aromatic carbocycles. The Morgan fingerprint density at radius 1 is 0.407 bits per heavy atom. The molecule has 0 saturated carbocycles. The normalized spacial score (nSPS) is 12.7. The number of halogens is 2. The van der Waals surface area contributed by atoms with Crippen LogP contribution in [-0.4, -0.2) is 256 Å². The number of alkyl halides is 1. The molecular weight excluding hydrogens is 1370 g/mol. The van der Waals surface area contributed by atoms with Crippen molar-refractivity contribution in [3.05, 3.63) is 0 Å². The first-order valence-electron chi connectivity index (χ1n) is 29.4. The van der Waals surface area contributed by atoms with E-state index in [1.807, 2.05) is 33.0 Å². The van der Waals surface area contributed by atoms with Crippen LogP contribution in [0.1, 0.15) is 134 Å². The molecule has 0 radical (unpaired) electrons. The molecule has 0 aliphatic carbocycles. The van der Waals surface area contributed by atoms with Crippen LogP contribution in [0.15, 0.2) is 0 Å². The lowest BCUT2D eigenvalue weighted by Gasteiger charge is -2.24. The number of thiol groups is 2. The Bertz CT molecular complexity index is 1750. The number of carbonyl (C=O) groups is 10. The lowest BCUT2D eigenvalue weighted by molar-refractivity contribution is -0.166. The van der Waals surface area contributed by atoms with Crippen LogP contribution in [0.5, 0.6) is 0 Å². The molecule has 4 unspecified atom stereocenters. The summed E-state index contributed by atoms with van der Waals surface area (Å²) in [5.41, 5.74) is -4.68. The maximum atomic E-state index is 11.6. The molecule has 0 amide bonds. The highest BCUT2D eigenvalue weighted by molar-refractivity contribution is 9.09. The van der Waals surface area contributed by atoms with Gasteiger partial charge < -0.3 is 99.1 Å². The molecule has 91 heavy (non-hydrogen) atoms. The number of hydrogen-bond acceptors (Lipinski definition) is 29. The topological polar surface area (TPSA) is 366 Å². The summed E-state index contributed by atoms with van der Waals surface area (Å²) in [6, 6.07) is 0. The van der Waals surface area contributed by atoms with Crippen LogP contribution in [-0.2, 0) is 105 Å². The Morgan fingerprint density at radius 3 is 0.879 bits per heavy atom. The highest BCUT2D eigenvalue weighted by atomic mass is 79.9. The number of ketones is 2. The van der Waals surface area contributed by atoms with Crippen LogP contribution < -0.4 is 17.0 Å². The molecule has 0 aromatic rings. The van der Waals surface area contributed by atoms with E-state index in [4.69, 9.17) is 67.8 Å². The van der Waals surface area contributed by atoms with Crippen molar-refractivity contribution in [1.82, 2.24) is 4.90 Å². The minimum atomic E-state index is -1.18. The number of esters is 8. The fraction of sp³-hybridized carbons (Fsp3) is 0.833. The second-order valence-electron chi connectivity index (χ2n) is 20.9. The van der Waals surface area contributed by atoms with E-state index >= 15 is 0 Å². The van der Waals surface area contributed by atoms with Crippen LogP contribution >= 0.6 is 41.2 Å². The Labute approximate surface area is 571 Å². The lowest BCUT2D eigenvalue weighted by Crippen LogP contribution is -3.00. The van der Waals surface area contributed by atoms with Crippen LogP contribution in [0.3, 0.4) is 0 Å². The molecule has 0 aliphatic rings. The molecule has 0 heterocycles. The van der Waals surface area contributed by atoms with Gasteiger partial charge in [-0.3, -0.25) is 47.9 Å². The predicted molar refractivity (Wildman–Crippen MR) is 346 cm³/mol. The van der Waals surface area contributed by atoms with Crippen molar-refractivity contribution in [1.29, 1.82) is 0 Å². The number of methoxy groups -OCH3 is 2. The van der Waals surface area contributed by atoms with Gasteiger partial charge in [0.15, 0.2) is 0 Å². The van der Waals surface area contributed by atoms with E-state index in [-0.39, 0.29) is 74.8 Å². The summed E-state index contributed by atoms with van der Waals surface area (Å²) in [7, 11) is 9.28. The van der Waals surface area contributed by atoms with Gasteiger partial charge in [0.25, 0.3) is 0 Å². The number of nitrogens with zero attached hydrogens (tertiary/aromatic N) is 1. The van der Waals surface area contributed by atoms with Crippen LogP contribution in [0.4, 0.5) is 0 Å². The Kier molecular flexibility index (Phi) is 78.7. The van der Waals surface area contributed by atoms with Gasteiger partial charge in [0.05, 0.1) is 79.3 Å². The molecule has 27 nitrogen and oxygen atoms in total. The van der Waals surface area contributed by atoms with E-state index < -0.39 is 95.8 Å². The number of aliphatic hydroxyl groups is 4. The molecule has 31 heteroatoms. The molecule has 0 spiro atoms. The second-order valence-corrected chi connectivity index (χ2v) is 22.6. The van der Waals surface area contributed by atoms with Gasteiger partial charge >= 0.3 is 47.8 Å². The molecule has 0 saturated heterocycles. The Hall–Kier alpha value is -3.60. The average molecular weight is 1490 g/mol. The highest BCUT2D eigenvalue weighted by Crippen LogP contribution is 2.21. The maximum Gasteiger partial charge on any atom is 0.317 e. The van der Waals surface area contributed by atoms with Crippen molar-refractivity contribution in [3.63, 3.8) is 0 Å². The summed E-state index contributed by atoms with van der Waals surface area (Å²) in [6.07, 6.45) is 6.35. The summed E-state index contributed by atoms with van der Waals surface area (Å²) in [5, 5.41) is 37.0. The first-order valence-corrected chi connectivity index (χ1v) is 31.8. The summed E-state index contributed by atoms with van der Waals surface area (Å²) < 4.78 is 58.2. The summed E-state index contributed by atoms with van der Waals surface area (Å²) >= 11 is 11.2. The third-order valence-corrected chi connectivity index (χ3v) is 11.7. The number of rotatable bonds is 42. The van der Waals surface area contributed by atoms with Gasteiger partial charge in [-0.1, -0.05) is 29.3 Å². The number of carbonyl (C=O) groups excluding carboxylic acids is 10. The molecule has 0 rings (SSSR count). The molecule has 0 aliphatic heterocycles. The predicted octanol–water partition coefficient (Wildman–Crippen LogP) is 1.81. The van der Waals surface area contributed by atoms with Crippen molar-refractivity contribution >= 4 is 101 Å². The minimum absolute atomic E-state index is 0.